The normalized spacial score (nSPS) is 10.6. The van der Waals surface area contributed by atoms with Crippen LogP contribution in [-0.2, 0) is 13.1 Å². The highest BCUT2D eigenvalue weighted by atomic mass is 35.5. The van der Waals surface area contributed by atoms with E-state index in [4.69, 9.17) is 16.0 Å². The number of benzene rings is 1. The molecule has 1 heterocycles. The van der Waals surface area contributed by atoms with Crippen molar-refractivity contribution in [2.75, 3.05) is 0 Å². The van der Waals surface area contributed by atoms with Crippen LogP contribution >= 0.6 is 11.6 Å². The minimum absolute atomic E-state index is 0.736. The van der Waals surface area contributed by atoms with Gasteiger partial charge < -0.3 is 9.73 Å². The lowest BCUT2D eigenvalue weighted by molar-refractivity contribution is 0.462. The molecule has 16 heavy (non-hydrogen) atoms. The van der Waals surface area contributed by atoms with Gasteiger partial charge in [0, 0.05) is 11.6 Å². The molecule has 2 nitrogen and oxygen atoms in total. The van der Waals surface area contributed by atoms with Crippen LogP contribution in [0.1, 0.15) is 17.1 Å². The third-order valence-electron chi connectivity index (χ3n) is 2.31. The van der Waals surface area contributed by atoms with E-state index < -0.39 is 0 Å². The van der Waals surface area contributed by atoms with E-state index in [1.54, 1.807) is 0 Å². The Labute approximate surface area is 100 Å². The predicted octanol–water partition coefficient (Wildman–Crippen LogP) is 3.53. The Hall–Kier alpha value is -1.25. The number of nitrogens with one attached hydrogen (secondary N) is 1. The van der Waals surface area contributed by atoms with Crippen molar-refractivity contribution < 1.29 is 4.42 Å². The van der Waals surface area contributed by atoms with Crippen molar-refractivity contribution >= 4 is 11.6 Å². The van der Waals surface area contributed by atoms with E-state index in [9.17, 15) is 0 Å². The average molecular weight is 236 g/mol. The van der Waals surface area contributed by atoms with Crippen LogP contribution in [0.15, 0.2) is 40.8 Å². The highest BCUT2D eigenvalue weighted by molar-refractivity contribution is 6.30. The lowest BCUT2D eigenvalue weighted by Gasteiger charge is -2.03. The summed E-state index contributed by atoms with van der Waals surface area (Å²) in [6.45, 7) is 3.47. The highest BCUT2D eigenvalue weighted by Gasteiger charge is 1.98. The minimum Gasteiger partial charge on any atom is -0.465 e. The number of rotatable bonds is 4. The number of hydrogen-bond acceptors (Lipinski definition) is 2. The highest BCUT2D eigenvalue weighted by Crippen LogP contribution is 2.11. The summed E-state index contributed by atoms with van der Waals surface area (Å²) in [5, 5.41) is 4.08. The molecule has 0 atom stereocenters. The molecule has 1 N–H and O–H groups in total. The van der Waals surface area contributed by atoms with Gasteiger partial charge in [-0.2, -0.15) is 0 Å². The SMILES string of the molecule is Cc1ccc(CNCc2cccc(Cl)c2)o1. The zero-order valence-corrected chi connectivity index (χ0v) is 9.92. The molecule has 0 spiro atoms. The van der Waals surface area contributed by atoms with Crippen molar-refractivity contribution in [2.45, 2.75) is 20.0 Å². The number of aryl methyl sites for hydroxylation is 1. The van der Waals surface area contributed by atoms with Crippen molar-refractivity contribution in [2.24, 2.45) is 0 Å². The molecule has 0 aliphatic carbocycles. The monoisotopic (exact) mass is 235 g/mol. The van der Waals surface area contributed by atoms with Crippen LogP contribution in [0.2, 0.25) is 5.02 Å². The van der Waals surface area contributed by atoms with Crippen LogP contribution in [0.25, 0.3) is 0 Å². The molecule has 0 radical (unpaired) electrons. The molecule has 0 aliphatic heterocycles. The van der Waals surface area contributed by atoms with Gasteiger partial charge in [-0.1, -0.05) is 23.7 Å². The fourth-order valence-electron chi connectivity index (χ4n) is 1.56. The Kier molecular flexibility index (Phi) is 3.65. The number of hydrogen-bond donors (Lipinski definition) is 1. The summed E-state index contributed by atoms with van der Waals surface area (Å²) in [6.07, 6.45) is 0. The maximum atomic E-state index is 5.90. The van der Waals surface area contributed by atoms with E-state index in [1.165, 1.54) is 5.56 Å². The molecule has 0 saturated carbocycles. The molecule has 0 aliphatic rings. The fraction of sp³-hybridized carbons (Fsp3) is 0.231. The summed E-state index contributed by atoms with van der Waals surface area (Å²) >= 11 is 5.90. The van der Waals surface area contributed by atoms with Gasteiger partial charge >= 0.3 is 0 Å². The van der Waals surface area contributed by atoms with Crippen molar-refractivity contribution in [3.63, 3.8) is 0 Å². The first-order valence-electron chi connectivity index (χ1n) is 5.24. The maximum Gasteiger partial charge on any atom is 0.117 e. The number of halogens is 1. The number of furan rings is 1. The van der Waals surface area contributed by atoms with Gasteiger partial charge in [-0.25, -0.2) is 0 Å². The Morgan fingerprint density at radius 3 is 2.75 bits per heavy atom. The van der Waals surface area contributed by atoms with Gasteiger partial charge in [-0.3, -0.25) is 0 Å². The van der Waals surface area contributed by atoms with E-state index in [2.05, 4.69) is 5.32 Å². The molecule has 1 aromatic heterocycles. The Morgan fingerprint density at radius 2 is 2.06 bits per heavy atom. The Balaban J connectivity index is 1.84. The van der Waals surface area contributed by atoms with Crippen LogP contribution in [-0.4, -0.2) is 0 Å². The van der Waals surface area contributed by atoms with Gasteiger partial charge in [-0.05, 0) is 36.8 Å². The Morgan fingerprint density at radius 1 is 1.19 bits per heavy atom. The molecule has 0 bridgehead atoms. The van der Waals surface area contributed by atoms with Crippen LogP contribution in [0.3, 0.4) is 0 Å². The molecule has 1 aromatic carbocycles. The van der Waals surface area contributed by atoms with E-state index in [1.807, 2.05) is 43.3 Å². The second kappa shape index (κ2) is 5.19. The van der Waals surface area contributed by atoms with Gasteiger partial charge in [0.05, 0.1) is 6.54 Å². The van der Waals surface area contributed by atoms with Crippen molar-refractivity contribution in [3.05, 3.63) is 58.5 Å². The molecule has 2 aromatic rings. The fourth-order valence-corrected chi connectivity index (χ4v) is 1.77. The molecule has 0 saturated heterocycles. The minimum atomic E-state index is 0.736. The van der Waals surface area contributed by atoms with E-state index in [0.29, 0.717) is 0 Å². The molecule has 3 heteroatoms. The van der Waals surface area contributed by atoms with Gasteiger partial charge in [0.1, 0.15) is 11.5 Å². The Bertz CT molecular complexity index is 464. The van der Waals surface area contributed by atoms with Gasteiger partial charge in [0.15, 0.2) is 0 Å². The summed E-state index contributed by atoms with van der Waals surface area (Å²) in [4.78, 5) is 0. The zero-order chi connectivity index (χ0) is 11.4. The summed E-state index contributed by atoms with van der Waals surface area (Å²) in [6, 6.07) is 11.8. The van der Waals surface area contributed by atoms with Gasteiger partial charge in [-0.15, -0.1) is 0 Å². The quantitative estimate of drug-likeness (QED) is 0.877. The van der Waals surface area contributed by atoms with Gasteiger partial charge in [0.25, 0.3) is 0 Å². The van der Waals surface area contributed by atoms with E-state index in [-0.39, 0.29) is 0 Å². The van der Waals surface area contributed by atoms with Crippen molar-refractivity contribution in [1.82, 2.24) is 5.32 Å². The lowest BCUT2D eigenvalue weighted by Crippen LogP contribution is -2.11. The maximum absolute atomic E-state index is 5.90. The average Bonchev–Trinajstić information content (AvgIpc) is 2.64. The molecule has 84 valence electrons. The van der Waals surface area contributed by atoms with Crippen LogP contribution in [0.4, 0.5) is 0 Å². The van der Waals surface area contributed by atoms with Crippen molar-refractivity contribution in [3.8, 4) is 0 Å². The van der Waals surface area contributed by atoms with Crippen LogP contribution < -0.4 is 5.32 Å². The zero-order valence-electron chi connectivity index (χ0n) is 9.16. The summed E-state index contributed by atoms with van der Waals surface area (Å²) in [5.74, 6) is 1.90. The van der Waals surface area contributed by atoms with Crippen LogP contribution in [0, 0.1) is 6.92 Å². The first-order chi connectivity index (χ1) is 7.74. The largest absolute Gasteiger partial charge is 0.465 e. The smallest absolute Gasteiger partial charge is 0.117 e. The third-order valence-corrected chi connectivity index (χ3v) is 2.55. The summed E-state index contributed by atoms with van der Waals surface area (Å²) in [5.41, 5.74) is 1.18. The van der Waals surface area contributed by atoms with Crippen LogP contribution in [0.5, 0.6) is 0 Å². The third kappa shape index (κ3) is 3.12. The predicted molar refractivity (Wildman–Crippen MR) is 65.4 cm³/mol. The van der Waals surface area contributed by atoms with Crippen molar-refractivity contribution in [1.29, 1.82) is 0 Å². The standard InChI is InChI=1S/C13H14ClNO/c1-10-5-6-13(16-10)9-15-8-11-3-2-4-12(14)7-11/h2-7,15H,8-9H2,1H3. The molecular formula is C13H14ClNO. The molecule has 2 rings (SSSR count). The lowest BCUT2D eigenvalue weighted by atomic mass is 10.2. The first kappa shape index (κ1) is 11.2. The molecular weight excluding hydrogens is 222 g/mol. The molecule has 0 unspecified atom stereocenters. The van der Waals surface area contributed by atoms with E-state index >= 15 is 0 Å². The first-order valence-corrected chi connectivity index (χ1v) is 5.62. The second-order valence-electron chi connectivity index (χ2n) is 3.75. The molecule has 0 amide bonds. The van der Waals surface area contributed by atoms with E-state index in [0.717, 1.165) is 29.6 Å². The second-order valence-corrected chi connectivity index (χ2v) is 4.18. The molecule has 0 fully saturated rings. The summed E-state index contributed by atoms with van der Waals surface area (Å²) < 4.78 is 5.46. The van der Waals surface area contributed by atoms with Gasteiger partial charge in [0.2, 0.25) is 0 Å². The topological polar surface area (TPSA) is 25.2 Å². The summed E-state index contributed by atoms with van der Waals surface area (Å²) in [7, 11) is 0.